The molecule has 22 heavy (non-hydrogen) atoms. The van der Waals surface area contributed by atoms with E-state index >= 15 is 0 Å². The first-order valence-electron chi connectivity index (χ1n) is 7.43. The van der Waals surface area contributed by atoms with Gasteiger partial charge in [-0.15, -0.1) is 11.3 Å². The van der Waals surface area contributed by atoms with Crippen LogP contribution in [0.3, 0.4) is 0 Å². The van der Waals surface area contributed by atoms with Gasteiger partial charge < -0.3 is 15.7 Å². The lowest BCUT2D eigenvalue weighted by molar-refractivity contribution is -0.139. The van der Waals surface area contributed by atoms with Crippen LogP contribution in [0.4, 0.5) is 5.00 Å². The molecule has 1 fully saturated rings. The molecular weight excluding hydrogens is 304 g/mol. The quantitative estimate of drug-likeness (QED) is 0.717. The van der Waals surface area contributed by atoms with Gasteiger partial charge in [0.05, 0.1) is 5.56 Å². The Bertz CT molecular complexity index is 592. The highest BCUT2D eigenvalue weighted by Crippen LogP contribution is 2.33. The summed E-state index contributed by atoms with van der Waals surface area (Å²) in [6.45, 7) is 3.66. The molecule has 1 heterocycles. The maximum absolute atomic E-state index is 12.3. The minimum Gasteiger partial charge on any atom is -0.480 e. The third-order valence-corrected chi connectivity index (χ3v) is 4.77. The smallest absolute Gasteiger partial charge is 0.326 e. The van der Waals surface area contributed by atoms with Gasteiger partial charge in [-0.05, 0) is 31.7 Å². The lowest BCUT2D eigenvalue weighted by Gasteiger charge is -2.12. The molecule has 2 rings (SSSR count). The number of amides is 2. The summed E-state index contributed by atoms with van der Waals surface area (Å²) in [5, 5.41) is 14.8. The van der Waals surface area contributed by atoms with Crippen molar-refractivity contribution >= 4 is 34.1 Å². The van der Waals surface area contributed by atoms with E-state index in [2.05, 4.69) is 10.6 Å². The number of anilines is 1. The van der Waals surface area contributed by atoms with Crippen LogP contribution in [-0.2, 0) is 16.0 Å². The summed E-state index contributed by atoms with van der Waals surface area (Å²) in [6.07, 6.45) is 2.82. The fraction of sp³-hybridized carbons (Fsp3) is 0.533. The van der Waals surface area contributed by atoms with E-state index in [1.54, 1.807) is 13.0 Å². The number of aliphatic carboxylic acids is 1. The van der Waals surface area contributed by atoms with Crippen LogP contribution in [0.2, 0.25) is 0 Å². The molecule has 1 saturated carbocycles. The molecule has 1 aromatic heterocycles. The summed E-state index contributed by atoms with van der Waals surface area (Å²) in [5.41, 5.74) is 0.343. The summed E-state index contributed by atoms with van der Waals surface area (Å²) in [5.74, 6) is -1.55. The summed E-state index contributed by atoms with van der Waals surface area (Å²) in [6, 6.07) is 0.793. The topological polar surface area (TPSA) is 95.5 Å². The van der Waals surface area contributed by atoms with Crippen LogP contribution < -0.4 is 10.6 Å². The zero-order valence-electron chi connectivity index (χ0n) is 12.6. The van der Waals surface area contributed by atoms with Crippen molar-refractivity contribution in [1.29, 1.82) is 0 Å². The molecular formula is C15H20N2O4S. The van der Waals surface area contributed by atoms with Crippen molar-refractivity contribution < 1.29 is 19.5 Å². The Kier molecular flexibility index (Phi) is 5.18. The number of carboxylic acid groups (broad SMARTS) is 1. The predicted octanol–water partition coefficient (Wildman–Crippen LogP) is 2.25. The molecule has 120 valence electrons. The van der Waals surface area contributed by atoms with Crippen molar-refractivity contribution in [3.63, 3.8) is 0 Å². The average Bonchev–Trinajstić information content (AvgIpc) is 3.26. The molecule has 2 amide bonds. The van der Waals surface area contributed by atoms with Crippen molar-refractivity contribution in [3.05, 3.63) is 16.5 Å². The standard InChI is InChI=1S/C15H20N2O4S/c1-3-9-7-10(13(19)16-11(4-2)15(20)21)14(22-9)17-12(18)8-5-6-8/h7-8,11H,3-6H2,1-2H3,(H,16,19)(H,17,18)(H,20,21). The van der Waals surface area contributed by atoms with Gasteiger partial charge in [0, 0.05) is 10.8 Å². The minimum atomic E-state index is -1.06. The molecule has 1 atom stereocenters. The van der Waals surface area contributed by atoms with E-state index in [1.165, 1.54) is 11.3 Å². The third kappa shape index (κ3) is 3.85. The fourth-order valence-electron chi connectivity index (χ4n) is 2.01. The van der Waals surface area contributed by atoms with Crippen LogP contribution in [0.15, 0.2) is 6.07 Å². The Balaban J connectivity index is 2.16. The molecule has 1 aliphatic carbocycles. The first kappa shape index (κ1) is 16.5. The van der Waals surface area contributed by atoms with E-state index in [-0.39, 0.29) is 11.8 Å². The summed E-state index contributed by atoms with van der Waals surface area (Å²) < 4.78 is 0. The maximum Gasteiger partial charge on any atom is 0.326 e. The van der Waals surface area contributed by atoms with Crippen LogP contribution in [0, 0.1) is 5.92 Å². The second-order valence-electron chi connectivity index (χ2n) is 5.35. The molecule has 0 spiro atoms. The second kappa shape index (κ2) is 6.91. The van der Waals surface area contributed by atoms with Crippen molar-refractivity contribution in [3.8, 4) is 0 Å². The van der Waals surface area contributed by atoms with Gasteiger partial charge in [-0.1, -0.05) is 13.8 Å². The van der Waals surface area contributed by atoms with Crippen molar-refractivity contribution in [2.75, 3.05) is 5.32 Å². The number of carbonyl (C=O) groups excluding carboxylic acids is 2. The number of hydrogen-bond acceptors (Lipinski definition) is 4. The van der Waals surface area contributed by atoms with E-state index in [9.17, 15) is 14.4 Å². The Morgan fingerprint density at radius 3 is 2.55 bits per heavy atom. The van der Waals surface area contributed by atoms with Gasteiger partial charge in [0.15, 0.2) is 0 Å². The molecule has 0 aromatic carbocycles. The summed E-state index contributed by atoms with van der Waals surface area (Å²) in [7, 11) is 0. The van der Waals surface area contributed by atoms with Gasteiger partial charge in [-0.2, -0.15) is 0 Å². The highest BCUT2D eigenvalue weighted by Gasteiger charge is 2.31. The lowest BCUT2D eigenvalue weighted by atomic mass is 10.2. The first-order chi connectivity index (χ1) is 10.5. The van der Waals surface area contributed by atoms with Crippen LogP contribution in [0.1, 0.15) is 48.3 Å². The van der Waals surface area contributed by atoms with Crippen LogP contribution in [0.25, 0.3) is 0 Å². The zero-order valence-corrected chi connectivity index (χ0v) is 13.5. The number of aryl methyl sites for hydroxylation is 1. The van der Waals surface area contributed by atoms with Crippen molar-refractivity contribution in [2.45, 2.75) is 45.6 Å². The van der Waals surface area contributed by atoms with Gasteiger partial charge in [-0.3, -0.25) is 9.59 Å². The Labute approximate surface area is 132 Å². The molecule has 1 aliphatic rings. The molecule has 3 N–H and O–H groups in total. The Morgan fingerprint density at radius 1 is 1.36 bits per heavy atom. The normalized spacial score (nSPS) is 15.2. The van der Waals surface area contributed by atoms with E-state index in [0.717, 1.165) is 24.1 Å². The second-order valence-corrected chi connectivity index (χ2v) is 6.48. The maximum atomic E-state index is 12.3. The zero-order chi connectivity index (χ0) is 16.3. The number of carboxylic acids is 1. The van der Waals surface area contributed by atoms with E-state index in [4.69, 9.17) is 5.11 Å². The molecule has 1 unspecified atom stereocenters. The molecule has 0 saturated heterocycles. The number of hydrogen-bond donors (Lipinski definition) is 3. The average molecular weight is 324 g/mol. The third-order valence-electron chi connectivity index (χ3n) is 3.57. The van der Waals surface area contributed by atoms with Crippen LogP contribution in [-0.4, -0.2) is 28.9 Å². The molecule has 6 nitrogen and oxygen atoms in total. The first-order valence-corrected chi connectivity index (χ1v) is 8.25. The fourth-order valence-corrected chi connectivity index (χ4v) is 3.01. The Morgan fingerprint density at radius 2 is 2.05 bits per heavy atom. The number of thiophene rings is 1. The number of nitrogens with one attached hydrogen (secondary N) is 2. The predicted molar refractivity (Wildman–Crippen MR) is 84.2 cm³/mol. The van der Waals surface area contributed by atoms with Gasteiger partial charge in [0.1, 0.15) is 11.0 Å². The SMILES string of the molecule is CCc1cc(C(=O)NC(CC)C(=O)O)c(NC(=O)C2CC2)s1. The lowest BCUT2D eigenvalue weighted by Crippen LogP contribution is -2.40. The Hall–Kier alpha value is -1.89. The van der Waals surface area contributed by atoms with Gasteiger partial charge >= 0.3 is 5.97 Å². The summed E-state index contributed by atoms with van der Waals surface area (Å²) in [4.78, 5) is 36.2. The largest absolute Gasteiger partial charge is 0.480 e. The minimum absolute atomic E-state index is 0.0468. The monoisotopic (exact) mass is 324 g/mol. The van der Waals surface area contributed by atoms with Crippen molar-refractivity contribution in [2.24, 2.45) is 5.92 Å². The number of carbonyl (C=O) groups is 3. The molecule has 1 aromatic rings. The van der Waals surface area contributed by atoms with Gasteiger partial charge in [0.2, 0.25) is 5.91 Å². The summed E-state index contributed by atoms with van der Waals surface area (Å²) >= 11 is 1.36. The van der Waals surface area contributed by atoms with E-state index < -0.39 is 17.9 Å². The molecule has 7 heteroatoms. The molecule has 0 radical (unpaired) electrons. The molecule has 0 bridgehead atoms. The van der Waals surface area contributed by atoms with Crippen LogP contribution in [0.5, 0.6) is 0 Å². The van der Waals surface area contributed by atoms with E-state index in [0.29, 0.717) is 17.0 Å². The highest BCUT2D eigenvalue weighted by atomic mass is 32.1. The highest BCUT2D eigenvalue weighted by molar-refractivity contribution is 7.16. The number of rotatable bonds is 7. The van der Waals surface area contributed by atoms with Crippen LogP contribution >= 0.6 is 11.3 Å². The molecule has 0 aliphatic heterocycles. The van der Waals surface area contributed by atoms with Crippen molar-refractivity contribution in [1.82, 2.24) is 5.32 Å². The van der Waals surface area contributed by atoms with E-state index in [1.807, 2.05) is 6.92 Å². The van der Waals surface area contributed by atoms with Gasteiger partial charge in [0.25, 0.3) is 5.91 Å². The van der Waals surface area contributed by atoms with Gasteiger partial charge in [-0.25, -0.2) is 4.79 Å².